The van der Waals surface area contributed by atoms with Gasteiger partial charge in [0, 0.05) is 44.4 Å². The summed E-state index contributed by atoms with van der Waals surface area (Å²) in [6, 6.07) is 17.7. The molecule has 0 saturated heterocycles. The molecule has 0 aliphatic rings. The van der Waals surface area contributed by atoms with Gasteiger partial charge < -0.3 is 25.1 Å². The number of benzene rings is 2. The number of para-hydroxylation sites is 1. The third kappa shape index (κ3) is 6.13. The average molecular weight is 637 g/mol. The van der Waals surface area contributed by atoms with E-state index in [4.69, 9.17) is 25.3 Å². The molecule has 0 radical (unpaired) electrons. The molecular formula is C34H40N8O3Si. The first kappa shape index (κ1) is 31.1. The number of hydrogen-bond acceptors (Lipinski definition) is 8. The fourth-order valence-corrected chi connectivity index (χ4v) is 6.35. The predicted molar refractivity (Wildman–Crippen MR) is 186 cm³/mol. The molecule has 0 aliphatic heterocycles. The van der Waals surface area contributed by atoms with Crippen molar-refractivity contribution in [2.75, 3.05) is 24.8 Å². The highest BCUT2D eigenvalue weighted by atomic mass is 28.3. The molecule has 0 spiro atoms. The number of hydrogen-bond donors (Lipinski definition) is 2. The Hall–Kier alpha value is -4.94. The molecule has 6 aromatic rings. The van der Waals surface area contributed by atoms with E-state index in [2.05, 4.69) is 29.9 Å². The zero-order valence-electron chi connectivity index (χ0n) is 27.1. The molecule has 0 saturated carbocycles. The van der Waals surface area contributed by atoms with Gasteiger partial charge in [0.1, 0.15) is 35.8 Å². The van der Waals surface area contributed by atoms with Crippen LogP contribution in [0.2, 0.25) is 25.7 Å². The summed E-state index contributed by atoms with van der Waals surface area (Å²) in [7, 11) is 0.367. The Morgan fingerprint density at radius 1 is 1.07 bits per heavy atom. The van der Waals surface area contributed by atoms with Crippen molar-refractivity contribution in [2.24, 2.45) is 0 Å². The smallest absolute Gasteiger partial charge is 0.282 e. The van der Waals surface area contributed by atoms with Crippen molar-refractivity contribution in [2.45, 2.75) is 52.3 Å². The van der Waals surface area contributed by atoms with E-state index in [0.717, 1.165) is 33.8 Å². The van der Waals surface area contributed by atoms with Crippen LogP contribution in [0.5, 0.6) is 5.75 Å². The minimum Gasteiger partial charge on any atom is -0.497 e. The minimum absolute atomic E-state index is 0.144. The van der Waals surface area contributed by atoms with Crippen LogP contribution in [0.1, 0.15) is 24.4 Å². The molecule has 1 unspecified atom stereocenters. The van der Waals surface area contributed by atoms with E-state index >= 15 is 0 Å². The Bertz CT molecular complexity index is 2080. The van der Waals surface area contributed by atoms with Gasteiger partial charge in [0.05, 0.1) is 24.2 Å². The molecule has 0 aliphatic carbocycles. The maximum absolute atomic E-state index is 13.9. The summed E-state index contributed by atoms with van der Waals surface area (Å²) in [5.41, 5.74) is 11.3. The third-order valence-corrected chi connectivity index (χ3v) is 9.73. The van der Waals surface area contributed by atoms with Crippen LogP contribution in [0.3, 0.4) is 0 Å². The van der Waals surface area contributed by atoms with Crippen LogP contribution in [-0.4, -0.2) is 50.5 Å². The van der Waals surface area contributed by atoms with Gasteiger partial charge in [-0.05, 0) is 61.4 Å². The van der Waals surface area contributed by atoms with Crippen LogP contribution in [0.25, 0.3) is 33.4 Å². The zero-order chi connectivity index (χ0) is 32.6. The molecule has 238 valence electrons. The molecule has 1 atom stereocenters. The summed E-state index contributed by atoms with van der Waals surface area (Å²) >= 11 is 0. The molecule has 2 aromatic carbocycles. The SMILES string of the molecule is COc1cc(N)cc(-c2cn(COCC[Si](C)(C)C)c3ncnc(NC(C)c4nn5ccc(C)c5c(=O)n4-c4ccccc4)c23)c1. The van der Waals surface area contributed by atoms with Gasteiger partial charge in [-0.15, -0.1) is 0 Å². The van der Waals surface area contributed by atoms with Gasteiger partial charge in [0.25, 0.3) is 5.56 Å². The molecule has 0 amide bonds. The van der Waals surface area contributed by atoms with Crippen LogP contribution < -0.4 is 21.3 Å². The molecular weight excluding hydrogens is 597 g/mol. The Morgan fingerprint density at radius 3 is 2.59 bits per heavy atom. The van der Waals surface area contributed by atoms with Crippen LogP contribution >= 0.6 is 0 Å². The summed E-state index contributed by atoms with van der Waals surface area (Å²) in [6.07, 6.45) is 5.37. The number of aromatic nitrogens is 6. The summed E-state index contributed by atoms with van der Waals surface area (Å²) in [5.74, 6) is 1.77. The van der Waals surface area contributed by atoms with Crippen molar-refractivity contribution in [3.63, 3.8) is 0 Å². The first-order chi connectivity index (χ1) is 22.0. The number of rotatable bonds is 11. The third-order valence-electron chi connectivity index (χ3n) is 8.02. The number of ether oxygens (including phenoxy) is 2. The van der Waals surface area contributed by atoms with E-state index in [1.165, 1.54) is 6.33 Å². The summed E-state index contributed by atoms with van der Waals surface area (Å²) < 4.78 is 17.0. The van der Waals surface area contributed by atoms with Gasteiger partial charge in [0.15, 0.2) is 5.82 Å². The van der Waals surface area contributed by atoms with Crippen molar-refractivity contribution < 1.29 is 9.47 Å². The molecule has 4 aromatic heterocycles. The lowest BCUT2D eigenvalue weighted by Gasteiger charge is -2.20. The van der Waals surface area contributed by atoms with E-state index in [1.807, 2.05) is 79.3 Å². The van der Waals surface area contributed by atoms with Crippen molar-refractivity contribution in [3.8, 4) is 22.6 Å². The lowest BCUT2D eigenvalue weighted by Crippen LogP contribution is -2.29. The summed E-state index contributed by atoms with van der Waals surface area (Å²) in [6.45, 7) is 11.9. The van der Waals surface area contributed by atoms with Crippen molar-refractivity contribution in [1.29, 1.82) is 0 Å². The Morgan fingerprint density at radius 2 is 1.85 bits per heavy atom. The fourth-order valence-electron chi connectivity index (χ4n) is 5.60. The van der Waals surface area contributed by atoms with Gasteiger partial charge in [0.2, 0.25) is 0 Å². The number of nitrogens with zero attached hydrogens (tertiary/aromatic N) is 6. The molecule has 12 heteroatoms. The lowest BCUT2D eigenvalue weighted by atomic mass is 10.0. The number of fused-ring (bicyclic) bond motifs is 2. The molecule has 4 heterocycles. The van der Waals surface area contributed by atoms with Gasteiger partial charge in [-0.2, -0.15) is 5.10 Å². The normalized spacial score (nSPS) is 12.6. The highest BCUT2D eigenvalue weighted by molar-refractivity contribution is 6.76. The average Bonchev–Trinajstić information content (AvgIpc) is 3.60. The topological polar surface area (TPSA) is 127 Å². The van der Waals surface area contributed by atoms with E-state index in [0.29, 0.717) is 47.6 Å². The lowest BCUT2D eigenvalue weighted by molar-refractivity contribution is 0.0899. The number of nitrogen functional groups attached to an aromatic ring is 1. The fraction of sp³-hybridized carbons (Fsp3) is 0.294. The minimum atomic E-state index is -1.25. The largest absolute Gasteiger partial charge is 0.497 e. The number of methoxy groups -OCH3 is 1. The van der Waals surface area contributed by atoms with Crippen molar-refractivity contribution >= 4 is 36.1 Å². The molecule has 0 fully saturated rings. The van der Waals surface area contributed by atoms with E-state index < -0.39 is 14.1 Å². The second-order valence-corrected chi connectivity index (χ2v) is 18.4. The van der Waals surface area contributed by atoms with Crippen LogP contribution in [0, 0.1) is 6.92 Å². The zero-order valence-corrected chi connectivity index (χ0v) is 28.1. The first-order valence-corrected chi connectivity index (χ1v) is 19.0. The Balaban J connectivity index is 1.47. The van der Waals surface area contributed by atoms with Crippen LogP contribution in [0.15, 0.2) is 78.1 Å². The van der Waals surface area contributed by atoms with Crippen molar-refractivity contribution in [1.82, 2.24) is 28.7 Å². The van der Waals surface area contributed by atoms with Crippen LogP contribution in [0.4, 0.5) is 11.5 Å². The van der Waals surface area contributed by atoms with E-state index in [1.54, 1.807) is 22.3 Å². The van der Waals surface area contributed by atoms with E-state index in [9.17, 15) is 4.79 Å². The second kappa shape index (κ2) is 12.5. The number of aryl methyl sites for hydroxylation is 1. The standard InChI is InChI=1S/C34H40N8O3Si/c1-22-12-13-41-30(22)34(43)42(26-10-8-7-9-11-26)32(39-41)23(2)38-31-29-28(24-16-25(35)18-27(17-24)44-3)19-40(33(29)37-20-36-31)21-45-14-15-46(4,5)6/h7-13,16-20,23H,14-15,21,35H2,1-6H3,(H,36,37,38). The van der Waals surface area contributed by atoms with Gasteiger partial charge in [-0.25, -0.2) is 14.5 Å². The number of anilines is 2. The van der Waals surface area contributed by atoms with E-state index in [-0.39, 0.29) is 5.56 Å². The molecule has 3 N–H and O–H groups in total. The van der Waals surface area contributed by atoms with Gasteiger partial charge in [-0.1, -0.05) is 37.8 Å². The van der Waals surface area contributed by atoms with Gasteiger partial charge in [-0.3, -0.25) is 9.36 Å². The summed E-state index contributed by atoms with van der Waals surface area (Å²) in [4.78, 5) is 23.3. The maximum Gasteiger partial charge on any atom is 0.282 e. The second-order valence-electron chi connectivity index (χ2n) is 12.8. The van der Waals surface area contributed by atoms with Crippen molar-refractivity contribution in [3.05, 3.63) is 95.1 Å². The highest BCUT2D eigenvalue weighted by Crippen LogP contribution is 2.37. The molecule has 11 nitrogen and oxygen atoms in total. The summed E-state index contributed by atoms with van der Waals surface area (Å²) in [5, 5.41) is 9.28. The Labute approximate surface area is 268 Å². The Kier molecular flexibility index (Phi) is 8.41. The molecule has 46 heavy (non-hydrogen) atoms. The number of nitrogens with one attached hydrogen (secondary N) is 1. The van der Waals surface area contributed by atoms with Gasteiger partial charge >= 0.3 is 0 Å². The monoisotopic (exact) mass is 636 g/mol. The quantitative estimate of drug-likeness (QED) is 0.0967. The predicted octanol–water partition coefficient (Wildman–Crippen LogP) is 6.28. The highest BCUT2D eigenvalue weighted by Gasteiger charge is 2.23. The molecule has 6 rings (SSSR count). The maximum atomic E-state index is 13.9. The first-order valence-electron chi connectivity index (χ1n) is 15.3. The number of nitrogens with two attached hydrogens (primary N) is 1. The van der Waals surface area contributed by atoms with Crippen LogP contribution in [-0.2, 0) is 11.5 Å². The molecule has 0 bridgehead atoms.